The minimum absolute atomic E-state index is 0.0598. The Bertz CT molecular complexity index is 517. The van der Waals surface area contributed by atoms with E-state index in [1.54, 1.807) is 44.2 Å². The maximum atomic E-state index is 12.0. The zero-order chi connectivity index (χ0) is 16.0. The Morgan fingerprint density at radius 2 is 1.90 bits per heavy atom. The number of rotatable bonds is 6. The highest BCUT2D eigenvalue weighted by atomic mass is 16.5. The fourth-order valence-corrected chi connectivity index (χ4v) is 1.67. The molecule has 0 spiro atoms. The molecule has 3 N–H and O–H groups in total. The molecule has 1 aromatic carbocycles. The minimum atomic E-state index is -0.230. The van der Waals surface area contributed by atoms with Crippen molar-refractivity contribution < 1.29 is 14.3 Å². The van der Waals surface area contributed by atoms with Crippen molar-refractivity contribution in [2.45, 2.75) is 0 Å². The molecule has 0 saturated heterocycles. The van der Waals surface area contributed by atoms with Gasteiger partial charge in [-0.1, -0.05) is 0 Å². The fraction of sp³-hybridized carbons (Fsp3) is 0.429. The molecule has 0 unspecified atom stereocenters. The van der Waals surface area contributed by atoms with Crippen LogP contribution >= 0.6 is 0 Å². The summed E-state index contributed by atoms with van der Waals surface area (Å²) < 4.78 is 5.16. The van der Waals surface area contributed by atoms with Crippen LogP contribution in [0.1, 0.15) is 0 Å². The van der Waals surface area contributed by atoms with Gasteiger partial charge in [0.15, 0.2) is 0 Å². The smallest absolute Gasteiger partial charge is 0.238 e. The molecule has 7 nitrogen and oxygen atoms in total. The molecule has 0 atom stereocenters. The number of carbonyl (C=O) groups excluding carboxylic acids is 2. The molecule has 0 heterocycles. The average molecular weight is 294 g/mol. The predicted molar refractivity (Wildman–Crippen MR) is 82.2 cm³/mol. The number of hydrogen-bond acceptors (Lipinski definition) is 5. The van der Waals surface area contributed by atoms with Gasteiger partial charge in [0, 0.05) is 25.8 Å². The lowest BCUT2D eigenvalue weighted by Crippen LogP contribution is -2.38. The Kier molecular flexibility index (Phi) is 5.98. The number of nitrogens with two attached hydrogens (primary N) is 1. The van der Waals surface area contributed by atoms with Gasteiger partial charge in [-0.15, -0.1) is 0 Å². The Morgan fingerprint density at radius 1 is 1.24 bits per heavy atom. The Balaban J connectivity index is 2.60. The average Bonchev–Trinajstić information content (AvgIpc) is 2.40. The van der Waals surface area contributed by atoms with Crippen LogP contribution in [0.2, 0.25) is 0 Å². The standard InChI is InChI=1S/C14H22N4O3/c1-17(2)14(20)9-18(3)8-13(19)16-11-6-5-10(15)7-12(11)21-4/h5-7H,8-9,15H2,1-4H3,(H,16,19). The summed E-state index contributed by atoms with van der Waals surface area (Å²) in [5.41, 5.74) is 6.75. The zero-order valence-corrected chi connectivity index (χ0v) is 12.8. The van der Waals surface area contributed by atoms with Gasteiger partial charge >= 0.3 is 0 Å². The van der Waals surface area contributed by atoms with E-state index >= 15 is 0 Å². The number of nitrogens with one attached hydrogen (secondary N) is 1. The van der Waals surface area contributed by atoms with Gasteiger partial charge in [-0.05, 0) is 19.2 Å². The van der Waals surface area contributed by atoms with Gasteiger partial charge in [-0.2, -0.15) is 0 Å². The monoisotopic (exact) mass is 294 g/mol. The van der Waals surface area contributed by atoms with Crippen molar-refractivity contribution in [3.63, 3.8) is 0 Å². The van der Waals surface area contributed by atoms with E-state index < -0.39 is 0 Å². The van der Waals surface area contributed by atoms with Crippen molar-refractivity contribution >= 4 is 23.2 Å². The first-order valence-corrected chi connectivity index (χ1v) is 6.45. The van der Waals surface area contributed by atoms with Crippen LogP contribution in [0.4, 0.5) is 11.4 Å². The summed E-state index contributed by atoms with van der Waals surface area (Å²) >= 11 is 0. The summed E-state index contributed by atoms with van der Waals surface area (Å²) in [5.74, 6) is 0.206. The van der Waals surface area contributed by atoms with Gasteiger partial charge in [0.25, 0.3) is 0 Å². The van der Waals surface area contributed by atoms with E-state index in [9.17, 15) is 9.59 Å². The van der Waals surface area contributed by atoms with Crippen molar-refractivity contribution in [1.82, 2.24) is 9.80 Å². The number of anilines is 2. The quantitative estimate of drug-likeness (QED) is 0.734. The summed E-state index contributed by atoms with van der Waals surface area (Å²) in [4.78, 5) is 26.6. The molecule has 0 aliphatic heterocycles. The van der Waals surface area contributed by atoms with Crippen LogP contribution in [0.5, 0.6) is 5.75 Å². The second-order valence-corrected chi connectivity index (χ2v) is 4.97. The molecule has 0 aromatic heterocycles. The van der Waals surface area contributed by atoms with E-state index in [-0.39, 0.29) is 24.9 Å². The highest BCUT2D eigenvalue weighted by molar-refractivity contribution is 5.94. The molecule has 0 radical (unpaired) electrons. The third-order valence-electron chi connectivity index (χ3n) is 2.82. The van der Waals surface area contributed by atoms with Crippen molar-refractivity contribution in [3.05, 3.63) is 18.2 Å². The van der Waals surface area contributed by atoms with Crippen molar-refractivity contribution in [3.8, 4) is 5.75 Å². The fourth-order valence-electron chi connectivity index (χ4n) is 1.67. The molecule has 21 heavy (non-hydrogen) atoms. The topological polar surface area (TPSA) is 87.9 Å². The Morgan fingerprint density at radius 3 is 2.48 bits per heavy atom. The molecule has 2 amide bonds. The summed E-state index contributed by atoms with van der Waals surface area (Å²) in [6.45, 7) is 0.284. The molecule has 0 aliphatic carbocycles. The van der Waals surface area contributed by atoms with E-state index in [1.807, 2.05) is 0 Å². The summed E-state index contributed by atoms with van der Waals surface area (Å²) in [6, 6.07) is 4.99. The van der Waals surface area contributed by atoms with Gasteiger partial charge in [-0.3, -0.25) is 14.5 Å². The zero-order valence-electron chi connectivity index (χ0n) is 12.8. The van der Waals surface area contributed by atoms with Crippen LogP contribution in [0, 0.1) is 0 Å². The minimum Gasteiger partial charge on any atom is -0.494 e. The molecule has 7 heteroatoms. The van der Waals surface area contributed by atoms with Crippen LogP contribution < -0.4 is 15.8 Å². The highest BCUT2D eigenvalue weighted by Gasteiger charge is 2.13. The third kappa shape index (κ3) is 5.31. The van der Waals surface area contributed by atoms with Crippen LogP contribution in [0.25, 0.3) is 0 Å². The van der Waals surface area contributed by atoms with Crippen molar-refractivity contribution in [2.75, 3.05) is 52.4 Å². The van der Waals surface area contributed by atoms with Crippen LogP contribution in [0.3, 0.4) is 0 Å². The van der Waals surface area contributed by atoms with Gasteiger partial charge in [0.2, 0.25) is 11.8 Å². The predicted octanol–water partition coefficient (Wildman–Crippen LogP) is 0.236. The van der Waals surface area contributed by atoms with E-state index in [0.29, 0.717) is 17.1 Å². The third-order valence-corrected chi connectivity index (χ3v) is 2.82. The molecular weight excluding hydrogens is 272 g/mol. The van der Waals surface area contributed by atoms with Crippen LogP contribution in [-0.4, -0.2) is 63.0 Å². The SMILES string of the molecule is COc1cc(N)ccc1NC(=O)CN(C)CC(=O)N(C)C. The number of hydrogen-bond donors (Lipinski definition) is 2. The number of amides is 2. The van der Waals surface area contributed by atoms with Gasteiger partial charge < -0.3 is 20.7 Å². The lowest BCUT2D eigenvalue weighted by Gasteiger charge is -2.19. The van der Waals surface area contributed by atoms with E-state index in [1.165, 1.54) is 12.0 Å². The molecule has 1 aromatic rings. The van der Waals surface area contributed by atoms with Crippen LogP contribution in [0.15, 0.2) is 18.2 Å². The maximum Gasteiger partial charge on any atom is 0.238 e. The van der Waals surface area contributed by atoms with Crippen molar-refractivity contribution in [2.24, 2.45) is 0 Å². The molecule has 0 aliphatic rings. The molecule has 0 fully saturated rings. The highest BCUT2D eigenvalue weighted by Crippen LogP contribution is 2.26. The first-order chi connectivity index (χ1) is 9.83. The number of ether oxygens (including phenoxy) is 1. The maximum absolute atomic E-state index is 12.0. The van der Waals surface area contributed by atoms with Crippen LogP contribution in [-0.2, 0) is 9.59 Å². The van der Waals surface area contributed by atoms with Gasteiger partial charge in [0.1, 0.15) is 5.75 Å². The van der Waals surface area contributed by atoms with Gasteiger partial charge in [-0.25, -0.2) is 0 Å². The largest absolute Gasteiger partial charge is 0.494 e. The first kappa shape index (κ1) is 16.8. The molecule has 0 bridgehead atoms. The first-order valence-electron chi connectivity index (χ1n) is 6.45. The van der Waals surface area contributed by atoms with Gasteiger partial charge in [0.05, 0.1) is 25.9 Å². The lowest BCUT2D eigenvalue weighted by molar-refractivity contribution is -0.130. The Labute approximate surface area is 124 Å². The second-order valence-electron chi connectivity index (χ2n) is 4.97. The summed E-state index contributed by atoms with van der Waals surface area (Å²) in [6.07, 6.45) is 0. The van der Waals surface area contributed by atoms with E-state index in [4.69, 9.17) is 10.5 Å². The normalized spacial score (nSPS) is 10.3. The number of carbonyl (C=O) groups is 2. The molecular formula is C14H22N4O3. The number of methoxy groups -OCH3 is 1. The number of likely N-dealkylation sites (N-methyl/N-ethyl adjacent to an activating group) is 2. The molecule has 1 rings (SSSR count). The van der Waals surface area contributed by atoms with E-state index in [2.05, 4.69) is 5.32 Å². The lowest BCUT2D eigenvalue weighted by atomic mass is 10.2. The molecule has 116 valence electrons. The number of benzene rings is 1. The van der Waals surface area contributed by atoms with Crippen molar-refractivity contribution in [1.29, 1.82) is 0 Å². The summed E-state index contributed by atoms with van der Waals surface area (Å²) in [7, 11) is 6.57. The second kappa shape index (κ2) is 7.49. The number of nitrogens with zero attached hydrogens (tertiary/aromatic N) is 2. The molecule has 0 saturated carbocycles. The number of nitrogen functional groups attached to an aromatic ring is 1. The Hall–Kier alpha value is -2.28. The van der Waals surface area contributed by atoms with E-state index in [0.717, 1.165) is 0 Å². The summed E-state index contributed by atoms with van der Waals surface area (Å²) in [5, 5.41) is 2.74.